The first-order valence-corrected chi connectivity index (χ1v) is 5.11. The first-order valence-electron chi connectivity index (χ1n) is 5.11. The predicted molar refractivity (Wildman–Crippen MR) is 57.0 cm³/mol. The van der Waals surface area contributed by atoms with Gasteiger partial charge in [-0.25, -0.2) is 0 Å². The van der Waals surface area contributed by atoms with Crippen molar-refractivity contribution in [2.75, 3.05) is 6.54 Å². The van der Waals surface area contributed by atoms with Gasteiger partial charge in [0.2, 0.25) is 0 Å². The molecule has 0 aliphatic carbocycles. The zero-order valence-electron chi connectivity index (χ0n) is 9.06. The molecule has 88 valence electrons. The van der Waals surface area contributed by atoms with Gasteiger partial charge in [-0.1, -0.05) is 6.92 Å². The van der Waals surface area contributed by atoms with Crippen molar-refractivity contribution in [1.82, 2.24) is 15.5 Å². The average Bonchev–Trinajstić information content (AvgIpc) is 2.76. The van der Waals surface area contributed by atoms with Gasteiger partial charge < -0.3 is 10.4 Å². The van der Waals surface area contributed by atoms with Crippen molar-refractivity contribution in [3.8, 4) is 0 Å². The molecule has 0 aromatic carbocycles. The van der Waals surface area contributed by atoms with Crippen LogP contribution in [0, 0.1) is 5.92 Å². The van der Waals surface area contributed by atoms with Crippen molar-refractivity contribution in [2.45, 2.75) is 19.8 Å². The van der Waals surface area contributed by atoms with E-state index >= 15 is 0 Å². The van der Waals surface area contributed by atoms with Crippen LogP contribution in [0.1, 0.15) is 30.3 Å². The van der Waals surface area contributed by atoms with E-state index in [2.05, 4.69) is 15.5 Å². The SMILES string of the molecule is CC(CCCNC(=O)c1ccn[nH]1)C(=O)O. The zero-order chi connectivity index (χ0) is 12.0. The van der Waals surface area contributed by atoms with Gasteiger partial charge in [0.25, 0.3) is 5.91 Å². The van der Waals surface area contributed by atoms with Crippen LogP contribution in [0.2, 0.25) is 0 Å². The van der Waals surface area contributed by atoms with E-state index in [9.17, 15) is 9.59 Å². The number of aromatic nitrogens is 2. The summed E-state index contributed by atoms with van der Waals surface area (Å²) in [7, 11) is 0. The number of carbonyl (C=O) groups excluding carboxylic acids is 1. The molecule has 1 amide bonds. The summed E-state index contributed by atoms with van der Waals surface area (Å²) in [5, 5.41) is 17.5. The largest absolute Gasteiger partial charge is 0.481 e. The number of aromatic amines is 1. The number of amides is 1. The first-order chi connectivity index (χ1) is 7.61. The molecular weight excluding hydrogens is 210 g/mol. The van der Waals surface area contributed by atoms with Crippen LogP contribution >= 0.6 is 0 Å². The Labute approximate surface area is 93.1 Å². The molecule has 1 heterocycles. The van der Waals surface area contributed by atoms with Crippen LogP contribution in [0.4, 0.5) is 0 Å². The smallest absolute Gasteiger partial charge is 0.306 e. The van der Waals surface area contributed by atoms with E-state index in [0.717, 1.165) is 0 Å². The van der Waals surface area contributed by atoms with Crippen molar-refractivity contribution < 1.29 is 14.7 Å². The molecule has 0 fully saturated rings. The summed E-state index contributed by atoms with van der Waals surface area (Å²) in [5.74, 6) is -1.40. The van der Waals surface area contributed by atoms with Crippen LogP contribution in [-0.2, 0) is 4.79 Å². The van der Waals surface area contributed by atoms with Crippen molar-refractivity contribution in [2.24, 2.45) is 5.92 Å². The lowest BCUT2D eigenvalue weighted by Gasteiger charge is -2.06. The van der Waals surface area contributed by atoms with Gasteiger partial charge in [0.15, 0.2) is 0 Å². The van der Waals surface area contributed by atoms with Gasteiger partial charge in [-0.05, 0) is 18.9 Å². The molecule has 0 saturated carbocycles. The summed E-state index contributed by atoms with van der Waals surface area (Å²) in [6.07, 6.45) is 2.70. The van der Waals surface area contributed by atoms with Gasteiger partial charge in [0.1, 0.15) is 5.69 Å². The lowest BCUT2D eigenvalue weighted by atomic mass is 10.1. The number of aliphatic carboxylic acids is 1. The van der Waals surface area contributed by atoms with Crippen molar-refractivity contribution >= 4 is 11.9 Å². The summed E-state index contributed by atoms with van der Waals surface area (Å²) in [4.78, 5) is 21.9. The predicted octanol–water partition coefficient (Wildman–Crippen LogP) is 0.640. The van der Waals surface area contributed by atoms with Crippen molar-refractivity contribution in [3.05, 3.63) is 18.0 Å². The molecule has 1 atom stereocenters. The second kappa shape index (κ2) is 5.89. The number of nitrogens with zero attached hydrogens (tertiary/aromatic N) is 1. The lowest BCUT2D eigenvalue weighted by Crippen LogP contribution is -2.25. The fourth-order valence-electron chi connectivity index (χ4n) is 1.21. The molecular formula is C10H15N3O3. The van der Waals surface area contributed by atoms with Crippen LogP contribution in [0.15, 0.2) is 12.3 Å². The van der Waals surface area contributed by atoms with Crippen LogP contribution in [0.25, 0.3) is 0 Å². The van der Waals surface area contributed by atoms with E-state index in [1.807, 2.05) is 0 Å². The molecule has 0 saturated heterocycles. The maximum atomic E-state index is 11.4. The van der Waals surface area contributed by atoms with Crippen LogP contribution in [0.5, 0.6) is 0 Å². The highest BCUT2D eigenvalue weighted by molar-refractivity contribution is 5.92. The Bertz CT molecular complexity index is 348. The van der Waals surface area contributed by atoms with Crippen LogP contribution in [-0.4, -0.2) is 33.7 Å². The van der Waals surface area contributed by atoms with Gasteiger partial charge in [-0.15, -0.1) is 0 Å². The number of nitrogens with one attached hydrogen (secondary N) is 2. The quantitative estimate of drug-likeness (QED) is 0.619. The fourth-order valence-corrected chi connectivity index (χ4v) is 1.21. The third-order valence-electron chi connectivity index (χ3n) is 2.27. The molecule has 0 aliphatic heterocycles. The number of rotatable bonds is 6. The molecule has 0 spiro atoms. The number of carboxylic acids is 1. The van der Waals surface area contributed by atoms with Crippen LogP contribution in [0.3, 0.4) is 0 Å². The Morgan fingerprint density at radius 3 is 2.94 bits per heavy atom. The van der Waals surface area contributed by atoms with E-state index in [-0.39, 0.29) is 11.8 Å². The number of hydrogen-bond acceptors (Lipinski definition) is 3. The molecule has 3 N–H and O–H groups in total. The second-order valence-electron chi connectivity index (χ2n) is 3.61. The fraction of sp³-hybridized carbons (Fsp3) is 0.500. The van der Waals surface area contributed by atoms with Gasteiger partial charge >= 0.3 is 5.97 Å². The molecule has 0 radical (unpaired) electrons. The van der Waals surface area contributed by atoms with Gasteiger partial charge in [-0.2, -0.15) is 5.10 Å². The zero-order valence-corrected chi connectivity index (χ0v) is 9.06. The molecule has 1 aromatic heterocycles. The van der Waals surface area contributed by atoms with Gasteiger partial charge in [0.05, 0.1) is 5.92 Å². The Morgan fingerprint density at radius 1 is 1.62 bits per heavy atom. The summed E-state index contributed by atoms with van der Waals surface area (Å²) >= 11 is 0. The molecule has 0 aliphatic rings. The molecule has 1 rings (SSSR count). The average molecular weight is 225 g/mol. The molecule has 1 aromatic rings. The van der Waals surface area contributed by atoms with Crippen molar-refractivity contribution in [1.29, 1.82) is 0 Å². The summed E-state index contributed by atoms with van der Waals surface area (Å²) in [6, 6.07) is 1.58. The highest BCUT2D eigenvalue weighted by Gasteiger charge is 2.10. The Hall–Kier alpha value is -1.85. The van der Waals surface area contributed by atoms with Gasteiger partial charge in [0, 0.05) is 12.7 Å². The third kappa shape index (κ3) is 3.72. The molecule has 6 nitrogen and oxygen atoms in total. The van der Waals surface area contributed by atoms with Gasteiger partial charge in [-0.3, -0.25) is 14.7 Å². The van der Waals surface area contributed by atoms with Crippen molar-refractivity contribution in [3.63, 3.8) is 0 Å². The van der Waals surface area contributed by atoms with E-state index in [1.54, 1.807) is 13.0 Å². The number of H-pyrrole nitrogens is 1. The normalized spacial score (nSPS) is 12.1. The first kappa shape index (κ1) is 12.2. The van der Waals surface area contributed by atoms with Crippen LogP contribution < -0.4 is 5.32 Å². The monoisotopic (exact) mass is 225 g/mol. The second-order valence-corrected chi connectivity index (χ2v) is 3.61. The van der Waals surface area contributed by atoms with E-state index < -0.39 is 5.97 Å². The topological polar surface area (TPSA) is 95.1 Å². The summed E-state index contributed by atoms with van der Waals surface area (Å²) < 4.78 is 0. The maximum Gasteiger partial charge on any atom is 0.306 e. The Morgan fingerprint density at radius 2 is 2.38 bits per heavy atom. The minimum Gasteiger partial charge on any atom is -0.481 e. The van der Waals surface area contributed by atoms with E-state index in [0.29, 0.717) is 25.1 Å². The van der Waals surface area contributed by atoms with E-state index in [4.69, 9.17) is 5.11 Å². The minimum absolute atomic E-state index is 0.222. The number of carbonyl (C=O) groups is 2. The number of hydrogen-bond donors (Lipinski definition) is 3. The van der Waals surface area contributed by atoms with E-state index in [1.165, 1.54) is 6.20 Å². The lowest BCUT2D eigenvalue weighted by molar-refractivity contribution is -0.141. The number of carboxylic acid groups (broad SMARTS) is 1. The third-order valence-corrected chi connectivity index (χ3v) is 2.27. The summed E-state index contributed by atoms with van der Waals surface area (Å²) in [5.41, 5.74) is 0.409. The molecule has 6 heteroatoms. The minimum atomic E-state index is -0.806. The Kier molecular flexibility index (Phi) is 4.50. The Balaban J connectivity index is 2.17. The standard InChI is InChI=1S/C10H15N3O3/c1-7(10(15)16)3-2-5-11-9(14)8-4-6-12-13-8/h4,6-7H,2-3,5H2,1H3,(H,11,14)(H,12,13)(H,15,16). The molecule has 1 unspecified atom stereocenters. The molecule has 16 heavy (non-hydrogen) atoms. The summed E-state index contributed by atoms with van der Waals surface area (Å²) in [6.45, 7) is 2.12. The highest BCUT2D eigenvalue weighted by Crippen LogP contribution is 2.04. The highest BCUT2D eigenvalue weighted by atomic mass is 16.4. The molecule has 0 bridgehead atoms. The maximum absolute atomic E-state index is 11.4.